The van der Waals surface area contributed by atoms with E-state index >= 15 is 0 Å². The summed E-state index contributed by atoms with van der Waals surface area (Å²) in [5.74, 6) is -1.43. The zero-order valence-corrected chi connectivity index (χ0v) is 16.1. The van der Waals surface area contributed by atoms with Crippen molar-refractivity contribution in [1.29, 1.82) is 5.26 Å². The number of rotatable bonds is 5. The maximum absolute atomic E-state index is 12.4. The summed E-state index contributed by atoms with van der Waals surface area (Å²) >= 11 is 6.08. The molecule has 0 spiro atoms. The van der Waals surface area contributed by atoms with Gasteiger partial charge in [-0.15, -0.1) is 0 Å². The number of nitrogens with zero attached hydrogens (tertiary/aromatic N) is 1. The van der Waals surface area contributed by atoms with Crippen molar-refractivity contribution >= 4 is 34.4 Å². The Bertz CT molecular complexity index is 897. The lowest BCUT2D eigenvalue weighted by Crippen LogP contribution is -2.52. The predicted octanol–water partition coefficient (Wildman–Crippen LogP) is 3.99. The standard InChI is InChI=1S/C19H21ClN2O4/c1-10(2)19(5,9-21)22-17(23)12(4)25-18(24)15-11(3)13-7-6-8-14(20)16(13)26-15/h6-8,10,12H,1-5H3,(H,22,23)/t12-,19+/m0/s1. The van der Waals surface area contributed by atoms with Crippen LogP contribution in [0.2, 0.25) is 5.02 Å². The Morgan fingerprint density at radius 1 is 1.35 bits per heavy atom. The lowest BCUT2D eigenvalue weighted by atomic mass is 9.90. The van der Waals surface area contributed by atoms with E-state index in [0.29, 0.717) is 21.6 Å². The first-order valence-electron chi connectivity index (χ1n) is 8.22. The van der Waals surface area contributed by atoms with Crippen LogP contribution in [0.4, 0.5) is 0 Å². The molecule has 1 aromatic carbocycles. The van der Waals surface area contributed by atoms with E-state index < -0.39 is 23.5 Å². The molecule has 6 nitrogen and oxygen atoms in total. The molecule has 1 amide bonds. The molecule has 0 aliphatic carbocycles. The van der Waals surface area contributed by atoms with Gasteiger partial charge >= 0.3 is 5.97 Å². The number of fused-ring (bicyclic) bond motifs is 1. The first-order valence-corrected chi connectivity index (χ1v) is 8.60. The maximum Gasteiger partial charge on any atom is 0.375 e. The van der Waals surface area contributed by atoms with Crippen molar-refractivity contribution in [3.8, 4) is 6.07 Å². The third kappa shape index (κ3) is 3.68. The Balaban J connectivity index is 2.17. The number of nitriles is 1. The zero-order chi connectivity index (χ0) is 19.6. The van der Waals surface area contributed by atoms with Gasteiger partial charge in [0.15, 0.2) is 11.7 Å². The van der Waals surface area contributed by atoms with Gasteiger partial charge in [0.25, 0.3) is 5.91 Å². The molecule has 0 saturated carbocycles. The summed E-state index contributed by atoms with van der Waals surface area (Å²) in [7, 11) is 0. The smallest absolute Gasteiger partial charge is 0.375 e. The summed E-state index contributed by atoms with van der Waals surface area (Å²) in [6.45, 7) is 8.42. The number of hydrogen-bond acceptors (Lipinski definition) is 5. The number of carbonyl (C=O) groups excluding carboxylic acids is 2. The fourth-order valence-electron chi connectivity index (χ4n) is 2.33. The molecule has 2 rings (SSSR count). The number of carbonyl (C=O) groups is 2. The molecular weight excluding hydrogens is 356 g/mol. The zero-order valence-electron chi connectivity index (χ0n) is 15.3. The molecule has 1 heterocycles. The number of hydrogen-bond donors (Lipinski definition) is 1. The second-order valence-corrected chi connectivity index (χ2v) is 7.09. The van der Waals surface area contributed by atoms with Gasteiger partial charge in [0.1, 0.15) is 5.54 Å². The third-order valence-electron chi connectivity index (χ3n) is 4.52. The molecule has 26 heavy (non-hydrogen) atoms. The van der Waals surface area contributed by atoms with E-state index in [0.717, 1.165) is 0 Å². The molecule has 1 aromatic heterocycles. The van der Waals surface area contributed by atoms with Crippen LogP contribution >= 0.6 is 11.6 Å². The first-order chi connectivity index (χ1) is 12.1. The number of aryl methyl sites for hydroxylation is 1. The van der Waals surface area contributed by atoms with Crippen molar-refractivity contribution < 1.29 is 18.7 Å². The molecule has 2 aromatic rings. The minimum atomic E-state index is -1.09. The Morgan fingerprint density at radius 2 is 2.00 bits per heavy atom. The molecule has 138 valence electrons. The summed E-state index contributed by atoms with van der Waals surface area (Å²) < 4.78 is 10.8. The molecule has 0 aliphatic heterocycles. The largest absolute Gasteiger partial charge is 0.447 e. The van der Waals surface area contributed by atoms with Gasteiger partial charge in [0.05, 0.1) is 11.1 Å². The lowest BCUT2D eigenvalue weighted by Gasteiger charge is -2.28. The second-order valence-electron chi connectivity index (χ2n) is 6.68. The van der Waals surface area contributed by atoms with Gasteiger partial charge in [-0.3, -0.25) is 4.79 Å². The van der Waals surface area contributed by atoms with Crippen molar-refractivity contribution in [2.75, 3.05) is 0 Å². The summed E-state index contributed by atoms with van der Waals surface area (Å²) in [5, 5.41) is 13.0. The van der Waals surface area contributed by atoms with Crippen LogP contribution in [-0.4, -0.2) is 23.5 Å². The molecule has 7 heteroatoms. The summed E-state index contributed by atoms with van der Waals surface area (Å²) in [6.07, 6.45) is -1.09. The molecule has 1 N–H and O–H groups in total. The van der Waals surface area contributed by atoms with Crippen molar-refractivity contribution in [1.82, 2.24) is 5.32 Å². The van der Waals surface area contributed by atoms with Crippen LogP contribution in [0.5, 0.6) is 0 Å². The number of ether oxygens (including phenoxy) is 1. The van der Waals surface area contributed by atoms with Crippen LogP contribution < -0.4 is 5.32 Å². The number of benzene rings is 1. The number of halogens is 1. The Kier molecular flexibility index (Phi) is 5.62. The molecule has 0 unspecified atom stereocenters. The van der Waals surface area contributed by atoms with E-state index in [9.17, 15) is 14.9 Å². The SMILES string of the molecule is Cc1c(C(=O)O[C@@H](C)C(=O)N[C@](C)(C#N)C(C)C)oc2c(Cl)cccc12. The van der Waals surface area contributed by atoms with Crippen LogP contribution in [0.1, 0.15) is 43.8 Å². The van der Waals surface area contributed by atoms with Crippen LogP contribution in [-0.2, 0) is 9.53 Å². The van der Waals surface area contributed by atoms with E-state index in [1.165, 1.54) is 6.92 Å². The number of nitrogens with one attached hydrogen (secondary N) is 1. The minimum Gasteiger partial charge on any atom is -0.447 e. The monoisotopic (exact) mass is 376 g/mol. The number of furan rings is 1. The van der Waals surface area contributed by atoms with E-state index in [-0.39, 0.29) is 11.7 Å². The Labute approximate surface area is 157 Å². The molecule has 0 fully saturated rings. The summed E-state index contributed by atoms with van der Waals surface area (Å²) in [6, 6.07) is 7.28. The van der Waals surface area contributed by atoms with Crippen LogP contribution in [0, 0.1) is 24.2 Å². The fraction of sp³-hybridized carbons (Fsp3) is 0.421. The van der Waals surface area contributed by atoms with Gasteiger partial charge in [-0.1, -0.05) is 37.6 Å². The Morgan fingerprint density at radius 3 is 2.54 bits per heavy atom. The van der Waals surface area contributed by atoms with E-state index in [1.807, 2.05) is 13.8 Å². The van der Waals surface area contributed by atoms with Crippen molar-refractivity contribution in [2.45, 2.75) is 46.3 Å². The average Bonchev–Trinajstić information content (AvgIpc) is 2.93. The van der Waals surface area contributed by atoms with Gasteiger partial charge < -0.3 is 14.5 Å². The van der Waals surface area contributed by atoms with Crippen molar-refractivity contribution in [3.05, 3.63) is 34.5 Å². The second kappa shape index (κ2) is 7.38. The van der Waals surface area contributed by atoms with Gasteiger partial charge in [0.2, 0.25) is 5.76 Å². The highest BCUT2D eigenvalue weighted by molar-refractivity contribution is 6.35. The molecular formula is C19H21ClN2O4. The molecule has 0 radical (unpaired) electrons. The van der Waals surface area contributed by atoms with Gasteiger partial charge in [-0.25, -0.2) is 4.79 Å². The average molecular weight is 377 g/mol. The highest BCUT2D eigenvalue weighted by Crippen LogP contribution is 2.31. The number of amides is 1. The molecule has 0 aliphatic rings. The van der Waals surface area contributed by atoms with Crippen LogP contribution in [0.3, 0.4) is 0 Å². The lowest BCUT2D eigenvalue weighted by molar-refractivity contribution is -0.130. The van der Waals surface area contributed by atoms with E-state index in [2.05, 4.69) is 11.4 Å². The topological polar surface area (TPSA) is 92.3 Å². The van der Waals surface area contributed by atoms with E-state index in [4.69, 9.17) is 20.8 Å². The van der Waals surface area contributed by atoms with Gasteiger partial charge in [0, 0.05) is 10.9 Å². The van der Waals surface area contributed by atoms with Crippen LogP contribution in [0.15, 0.2) is 22.6 Å². The summed E-state index contributed by atoms with van der Waals surface area (Å²) in [5.41, 5.74) is -0.0719. The number of para-hydroxylation sites is 1. The minimum absolute atomic E-state index is 0.000320. The number of esters is 1. The highest BCUT2D eigenvalue weighted by Gasteiger charge is 2.33. The van der Waals surface area contributed by atoms with Gasteiger partial charge in [-0.2, -0.15) is 5.26 Å². The van der Waals surface area contributed by atoms with Crippen molar-refractivity contribution in [3.63, 3.8) is 0 Å². The third-order valence-corrected chi connectivity index (χ3v) is 4.82. The Hall–Kier alpha value is -2.52. The predicted molar refractivity (Wildman–Crippen MR) is 97.8 cm³/mol. The normalized spacial score (nSPS) is 14.5. The maximum atomic E-state index is 12.4. The highest BCUT2D eigenvalue weighted by atomic mass is 35.5. The van der Waals surface area contributed by atoms with Gasteiger partial charge in [-0.05, 0) is 32.8 Å². The molecule has 0 saturated heterocycles. The summed E-state index contributed by atoms with van der Waals surface area (Å²) in [4.78, 5) is 24.7. The molecule has 2 atom stereocenters. The first kappa shape index (κ1) is 19.8. The quantitative estimate of drug-likeness (QED) is 0.796. The van der Waals surface area contributed by atoms with Crippen molar-refractivity contribution in [2.24, 2.45) is 5.92 Å². The molecule has 0 bridgehead atoms. The van der Waals surface area contributed by atoms with Crippen LogP contribution in [0.25, 0.3) is 11.0 Å². The fourth-order valence-corrected chi connectivity index (χ4v) is 2.54. The van der Waals surface area contributed by atoms with E-state index in [1.54, 1.807) is 32.0 Å².